The molecule has 41 heavy (non-hydrogen) atoms. The molecular weight excluding hydrogens is 514 g/mol. The van der Waals surface area contributed by atoms with Gasteiger partial charge in [-0.05, 0) is 57.6 Å². The summed E-state index contributed by atoms with van der Waals surface area (Å²) in [6.07, 6.45) is 16.7. The van der Waals surface area contributed by atoms with Gasteiger partial charge in [-0.15, -0.1) is 6.42 Å². The van der Waals surface area contributed by atoms with Crippen LogP contribution in [0.1, 0.15) is 129 Å². The Bertz CT molecular complexity index is 1020. The van der Waals surface area contributed by atoms with Gasteiger partial charge >= 0.3 is 6.09 Å². The summed E-state index contributed by atoms with van der Waals surface area (Å²) in [7, 11) is 0. The van der Waals surface area contributed by atoms with Crippen LogP contribution >= 0.6 is 0 Å². The molecule has 0 aliphatic heterocycles. The maximum absolute atomic E-state index is 14.4. The number of amides is 3. The van der Waals surface area contributed by atoms with Gasteiger partial charge in [0.25, 0.3) is 0 Å². The van der Waals surface area contributed by atoms with Crippen LogP contribution < -0.4 is 10.6 Å². The quantitative estimate of drug-likeness (QED) is 0.189. The number of hydrogen-bond acceptors (Lipinski definition) is 4. The molecular formula is C34H53N3O4. The molecule has 1 aliphatic carbocycles. The van der Waals surface area contributed by atoms with Crippen molar-refractivity contribution in [1.82, 2.24) is 15.5 Å². The van der Waals surface area contributed by atoms with Crippen molar-refractivity contribution in [2.75, 3.05) is 6.54 Å². The van der Waals surface area contributed by atoms with E-state index in [9.17, 15) is 14.4 Å². The van der Waals surface area contributed by atoms with Gasteiger partial charge in [-0.3, -0.25) is 9.59 Å². The van der Waals surface area contributed by atoms with Crippen molar-refractivity contribution in [3.63, 3.8) is 0 Å². The number of nitrogens with one attached hydrogen (secondary N) is 2. The van der Waals surface area contributed by atoms with E-state index in [-0.39, 0.29) is 23.8 Å². The SMILES string of the molecule is C#Cc1ccccc1C(C(=O)NC1CCCCC1)N(CCCCCCCC)C(=O)C(NC(=O)OC(C)(C)C)C(C)C. The van der Waals surface area contributed by atoms with Gasteiger partial charge in [0.2, 0.25) is 11.8 Å². The first-order valence-corrected chi connectivity index (χ1v) is 15.6. The number of ether oxygens (including phenoxy) is 1. The Morgan fingerprint density at radius 3 is 2.27 bits per heavy atom. The molecule has 3 amide bonds. The van der Waals surface area contributed by atoms with E-state index in [0.29, 0.717) is 17.7 Å². The number of benzene rings is 1. The lowest BCUT2D eigenvalue weighted by Gasteiger charge is -2.37. The molecule has 2 N–H and O–H groups in total. The number of carbonyl (C=O) groups is 3. The molecule has 1 aromatic carbocycles. The molecule has 2 rings (SSSR count). The van der Waals surface area contributed by atoms with Crippen molar-refractivity contribution in [2.24, 2.45) is 5.92 Å². The third-order valence-electron chi connectivity index (χ3n) is 7.56. The Morgan fingerprint density at radius 2 is 1.66 bits per heavy atom. The standard InChI is InChI=1S/C34H53N3O4/c1-8-10-11-12-13-19-24-37(32(39)29(25(3)4)36-33(40)41-34(5,6)7)30(28-23-18-17-20-26(28)9-2)31(38)35-27-21-15-14-16-22-27/h2,17-18,20,23,25,27,29-30H,8,10-16,19,21-22,24H2,1,3-7H3,(H,35,38)(H,36,40). The van der Waals surface area contributed by atoms with Gasteiger partial charge in [0.05, 0.1) is 0 Å². The summed E-state index contributed by atoms with van der Waals surface area (Å²) >= 11 is 0. The zero-order valence-corrected chi connectivity index (χ0v) is 26.3. The van der Waals surface area contributed by atoms with Crippen LogP contribution in [0.5, 0.6) is 0 Å². The third kappa shape index (κ3) is 11.4. The number of nitrogens with zero attached hydrogens (tertiary/aromatic N) is 1. The predicted octanol–water partition coefficient (Wildman–Crippen LogP) is 6.90. The van der Waals surface area contributed by atoms with Crippen molar-refractivity contribution >= 4 is 17.9 Å². The van der Waals surface area contributed by atoms with E-state index < -0.39 is 23.8 Å². The molecule has 0 heterocycles. The topological polar surface area (TPSA) is 87.7 Å². The molecule has 7 nitrogen and oxygen atoms in total. The monoisotopic (exact) mass is 567 g/mol. The maximum atomic E-state index is 14.4. The fraction of sp³-hybridized carbons (Fsp3) is 0.676. The number of carbonyl (C=O) groups excluding carboxylic acids is 3. The Kier molecular flexibility index (Phi) is 14.2. The van der Waals surface area contributed by atoms with Gasteiger partial charge in [0.15, 0.2) is 0 Å². The second-order valence-electron chi connectivity index (χ2n) is 12.6. The summed E-state index contributed by atoms with van der Waals surface area (Å²) in [5.74, 6) is 1.96. The lowest BCUT2D eigenvalue weighted by Crippen LogP contribution is -2.55. The molecule has 228 valence electrons. The summed E-state index contributed by atoms with van der Waals surface area (Å²) in [5.41, 5.74) is 0.502. The van der Waals surface area contributed by atoms with Gasteiger partial charge in [0.1, 0.15) is 17.7 Å². The molecule has 2 atom stereocenters. The number of hydrogen-bond donors (Lipinski definition) is 2. The van der Waals surface area contributed by atoms with Gasteiger partial charge in [0, 0.05) is 18.2 Å². The van der Waals surface area contributed by atoms with E-state index in [0.717, 1.165) is 57.8 Å². The second-order valence-corrected chi connectivity index (χ2v) is 12.6. The highest BCUT2D eigenvalue weighted by atomic mass is 16.6. The third-order valence-corrected chi connectivity index (χ3v) is 7.56. The molecule has 1 fully saturated rings. The number of unbranched alkanes of at least 4 members (excludes halogenated alkanes) is 5. The van der Waals surface area contributed by atoms with E-state index in [1.807, 2.05) is 38.1 Å². The van der Waals surface area contributed by atoms with Crippen LogP contribution in [0.2, 0.25) is 0 Å². The van der Waals surface area contributed by atoms with Crippen LogP contribution in [0, 0.1) is 18.3 Å². The molecule has 1 aliphatic rings. The molecule has 0 spiro atoms. The van der Waals surface area contributed by atoms with Crippen LogP contribution in [0.15, 0.2) is 24.3 Å². The smallest absolute Gasteiger partial charge is 0.408 e. The van der Waals surface area contributed by atoms with E-state index in [4.69, 9.17) is 11.2 Å². The molecule has 1 saturated carbocycles. The first-order chi connectivity index (χ1) is 19.5. The van der Waals surface area contributed by atoms with Crippen LogP contribution in [-0.4, -0.2) is 47.0 Å². The summed E-state index contributed by atoms with van der Waals surface area (Å²) < 4.78 is 5.49. The van der Waals surface area contributed by atoms with Crippen molar-refractivity contribution in [3.05, 3.63) is 35.4 Å². The normalized spacial score (nSPS) is 15.5. The van der Waals surface area contributed by atoms with Crippen LogP contribution in [0.25, 0.3) is 0 Å². The minimum atomic E-state index is -0.908. The largest absolute Gasteiger partial charge is 0.444 e. The molecule has 1 aromatic rings. The minimum absolute atomic E-state index is 0.0727. The van der Waals surface area contributed by atoms with Crippen molar-refractivity contribution < 1.29 is 19.1 Å². The number of alkyl carbamates (subject to hydrolysis) is 1. The van der Waals surface area contributed by atoms with E-state index in [1.54, 1.807) is 25.7 Å². The highest BCUT2D eigenvalue weighted by molar-refractivity contribution is 5.92. The van der Waals surface area contributed by atoms with Gasteiger partial charge < -0.3 is 20.3 Å². The van der Waals surface area contributed by atoms with E-state index >= 15 is 0 Å². The molecule has 0 bridgehead atoms. The van der Waals surface area contributed by atoms with Gasteiger partial charge in [-0.2, -0.15) is 0 Å². The molecule has 2 unspecified atom stereocenters. The lowest BCUT2D eigenvalue weighted by molar-refractivity contribution is -0.143. The first kappa shape index (κ1) is 34.2. The molecule has 0 radical (unpaired) electrons. The Labute approximate surface area is 248 Å². The van der Waals surface area contributed by atoms with Crippen molar-refractivity contribution in [3.8, 4) is 12.3 Å². The summed E-state index contributed by atoms with van der Waals surface area (Å²) in [6.45, 7) is 11.7. The second kappa shape index (κ2) is 17.1. The van der Waals surface area contributed by atoms with Gasteiger partial charge in [-0.25, -0.2) is 4.79 Å². The molecule has 0 aromatic heterocycles. The van der Waals surface area contributed by atoms with Crippen molar-refractivity contribution in [2.45, 2.75) is 136 Å². The average molecular weight is 568 g/mol. The number of terminal acetylenes is 1. The molecule has 7 heteroatoms. The first-order valence-electron chi connectivity index (χ1n) is 15.6. The summed E-state index contributed by atoms with van der Waals surface area (Å²) in [5, 5.41) is 6.05. The lowest BCUT2D eigenvalue weighted by atomic mass is 9.93. The Balaban J connectivity index is 2.48. The highest BCUT2D eigenvalue weighted by Gasteiger charge is 2.38. The van der Waals surface area contributed by atoms with E-state index in [1.165, 1.54) is 12.8 Å². The zero-order valence-electron chi connectivity index (χ0n) is 26.3. The molecule has 0 saturated heterocycles. The van der Waals surface area contributed by atoms with E-state index in [2.05, 4.69) is 23.5 Å². The Hall–Kier alpha value is -3.01. The van der Waals surface area contributed by atoms with Crippen LogP contribution in [0.4, 0.5) is 4.79 Å². The fourth-order valence-electron chi connectivity index (χ4n) is 5.40. The maximum Gasteiger partial charge on any atom is 0.408 e. The van der Waals surface area contributed by atoms with Crippen molar-refractivity contribution in [1.29, 1.82) is 0 Å². The zero-order chi connectivity index (χ0) is 30.4. The predicted molar refractivity (Wildman–Crippen MR) is 165 cm³/mol. The Morgan fingerprint density at radius 1 is 1.02 bits per heavy atom. The number of rotatable bonds is 14. The fourth-order valence-corrected chi connectivity index (χ4v) is 5.40. The average Bonchev–Trinajstić information content (AvgIpc) is 2.92. The van der Waals surface area contributed by atoms with Crippen LogP contribution in [-0.2, 0) is 14.3 Å². The minimum Gasteiger partial charge on any atom is -0.444 e. The highest BCUT2D eigenvalue weighted by Crippen LogP contribution is 2.28. The summed E-state index contributed by atoms with van der Waals surface area (Å²) in [6, 6.07) is 5.64. The van der Waals surface area contributed by atoms with Gasteiger partial charge in [-0.1, -0.05) is 96.3 Å². The summed E-state index contributed by atoms with van der Waals surface area (Å²) in [4.78, 5) is 42.9. The van der Waals surface area contributed by atoms with Crippen LogP contribution in [0.3, 0.4) is 0 Å².